The lowest BCUT2D eigenvalue weighted by Crippen LogP contribution is -2.23. The fourth-order valence-electron chi connectivity index (χ4n) is 0.0962. The van der Waals surface area contributed by atoms with Gasteiger partial charge in [-0.05, 0) is 6.55 Å². The van der Waals surface area contributed by atoms with E-state index in [1.54, 1.807) is 7.11 Å². The Morgan fingerprint density at radius 1 is 1.83 bits per heavy atom. The monoisotopic (exact) mass is 105 g/mol. The van der Waals surface area contributed by atoms with Gasteiger partial charge < -0.3 is 10.2 Å². The Balaban J connectivity index is 2.75. The molecule has 0 bridgehead atoms. The molecule has 3 heteroatoms. The van der Waals surface area contributed by atoms with Crippen molar-refractivity contribution in [2.45, 2.75) is 6.55 Å². The molecule has 0 heterocycles. The zero-order chi connectivity index (χ0) is 4.99. The molecular weight excluding hydrogens is 94.1 g/mol. The summed E-state index contributed by atoms with van der Waals surface area (Å²) in [4.78, 5) is 0. The van der Waals surface area contributed by atoms with Crippen molar-refractivity contribution >= 4 is 9.04 Å². The third-order valence-corrected chi connectivity index (χ3v) is 2.20. The summed E-state index contributed by atoms with van der Waals surface area (Å²) in [6.45, 7) is 2.07. The number of rotatable bonds is 2. The summed E-state index contributed by atoms with van der Waals surface area (Å²) < 4.78 is 4.91. The van der Waals surface area contributed by atoms with Gasteiger partial charge in [0, 0.05) is 13.3 Å². The second-order valence-corrected chi connectivity index (χ2v) is 3.85. The van der Waals surface area contributed by atoms with Gasteiger partial charge in [-0.25, -0.2) is 0 Å². The van der Waals surface area contributed by atoms with E-state index < -0.39 is 9.04 Å². The van der Waals surface area contributed by atoms with Crippen molar-refractivity contribution in [3.05, 3.63) is 0 Å². The van der Waals surface area contributed by atoms with Gasteiger partial charge in [-0.2, -0.15) is 0 Å². The molecule has 0 spiro atoms. The Bertz CT molecular complexity index is 30.0. The van der Waals surface area contributed by atoms with Crippen molar-refractivity contribution in [3.63, 3.8) is 0 Å². The van der Waals surface area contributed by atoms with Crippen LogP contribution in [-0.4, -0.2) is 22.3 Å². The summed E-state index contributed by atoms with van der Waals surface area (Å²) in [7, 11) is 0.829. The van der Waals surface area contributed by atoms with E-state index in [1.807, 2.05) is 0 Å². The van der Waals surface area contributed by atoms with Gasteiger partial charge in [0.1, 0.15) is 0 Å². The van der Waals surface area contributed by atoms with Crippen LogP contribution in [0.15, 0.2) is 0 Å². The molecule has 0 aliphatic heterocycles. The zero-order valence-electron chi connectivity index (χ0n) is 4.27. The molecule has 0 aromatic rings. The van der Waals surface area contributed by atoms with E-state index in [0.29, 0.717) is 0 Å². The molecule has 0 fully saturated rings. The van der Waals surface area contributed by atoms with Crippen LogP contribution in [0.4, 0.5) is 0 Å². The van der Waals surface area contributed by atoms with E-state index in [9.17, 15) is 0 Å². The standard InChI is InChI=1S/C3H11NOSi/c1-5-6(2)3-4/h6H,3-4H2,1-2H3/t6-/m0/s1. The van der Waals surface area contributed by atoms with Gasteiger partial charge in [-0.3, -0.25) is 0 Å². The second-order valence-electron chi connectivity index (χ2n) is 1.28. The lowest BCUT2D eigenvalue weighted by Gasteiger charge is -1.99. The van der Waals surface area contributed by atoms with Crippen molar-refractivity contribution in [3.8, 4) is 0 Å². The fourth-order valence-corrected chi connectivity index (χ4v) is 0.289. The maximum Gasteiger partial charge on any atom is 0.186 e. The summed E-state index contributed by atoms with van der Waals surface area (Å²) in [6, 6.07) is 0. The van der Waals surface area contributed by atoms with Crippen LogP contribution in [0.5, 0.6) is 0 Å². The van der Waals surface area contributed by atoms with Crippen molar-refractivity contribution in [2.75, 3.05) is 13.3 Å². The molecule has 0 aliphatic carbocycles. The number of hydrogen-bond donors (Lipinski definition) is 1. The molecule has 0 unspecified atom stereocenters. The largest absolute Gasteiger partial charge is 0.422 e. The maximum absolute atomic E-state index is 5.22. The molecule has 2 nitrogen and oxygen atoms in total. The zero-order valence-corrected chi connectivity index (χ0v) is 5.42. The molecule has 2 N–H and O–H groups in total. The first-order valence-electron chi connectivity index (χ1n) is 2.04. The molecule has 0 saturated heterocycles. The Kier molecular flexibility index (Phi) is 3.41. The van der Waals surface area contributed by atoms with Crippen molar-refractivity contribution < 1.29 is 4.43 Å². The lowest BCUT2D eigenvalue weighted by atomic mass is 11.5. The average molecular weight is 105 g/mol. The highest BCUT2D eigenvalue weighted by Crippen LogP contribution is 1.72. The molecule has 0 aromatic carbocycles. The highest BCUT2D eigenvalue weighted by atomic mass is 28.3. The highest BCUT2D eigenvalue weighted by Gasteiger charge is 1.93. The average Bonchev–Trinajstić information content (AvgIpc) is 1.65. The van der Waals surface area contributed by atoms with Crippen LogP contribution in [0.2, 0.25) is 6.55 Å². The quantitative estimate of drug-likeness (QED) is 0.480. The normalized spacial score (nSPS) is 14.5. The predicted octanol–water partition coefficient (Wildman–Crippen LogP) is -0.516. The summed E-state index contributed by atoms with van der Waals surface area (Å²) in [5, 5.41) is 0. The Morgan fingerprint density at radius 3 is 2.33 bits per heavy atom. The predicted molar refractivity (Wildman–Crippen MR) is 29.1 cm³/mol. The van der Waals surface area contributed by atoms with Gasteiger partial charge in [-0.15, -0.1) is 0 Å². The van der Waals surface area contributed by atoms with Crippen LogP contribution in [0, 0.1) is 0 Å². The summed E-state index contributed by atoms with van der Waals surface area (Å²) in [5.74, 6) is 0. The topological polar surface area (TPSA) is 35.2 Å². The molecule has 0 saturated carbocycles. The third-order valence-electron chi connectivity index (χ3n) is 0.734. The van der Waals surface area contributed by atoms with Crippen molar-refractivity contribution in [1.29, 1.82) is 0 Å². The van der Waals surface area contributed by atoms with Crippen LogP contribution in [-0.2, 0) is 4.43 Å². The Labute approximate surface area is 40.0 Å². The van der Waals surface area contributed by atoms with Gasteiger partial charge in [0.25, 0.3) is 0 Å². The minimum Gasteiger partial charge on any atom is -0.422 e. The minimum atomic E-state index is -0.883. The van der Waals surface area contributed by atoms with Gasteiger partial charge in [0.05, 0.1) is 0 Å². The Morgan fingerprint density at radius 2 is 2.33 bits per heavy atom. The van der Waals surface area contributed by atoms with E-state index in [4.69, 9.17) is 10.2 Å². The first kappa shape index (κ1) is 6.14. The van der Waals surface area contributed by atoms with Crippen LogP contribution in [0.25, 0.3) is 0 Å². The molecule has 0 rings (SSSR count). The number of nitrogens with two attached hydrogens (primary N) is 1. The van der Waals surface area contributed by atoms with E-state index in [-0.39, 0.29) is 0 Å². The first-order valence-corrected chi connectivity index (χ1v) is 4.48. The summed E-state index contributed by atoms with van der Waals surface area (Å²) in [5.41, 5.74) is 5.22. The van der Waals surface area contributed by atoms with Crippen LogP contribution < -0.4 is 5.73 Å². The molecule has 0 amide bonds. The van der Waals surface area contributed by atoms with Crippen LogP contribution >= 0.6 is 0 Å². The van der Waals surface area contributed by atoms with Crippen LogP contribution in [0.3, 0.4) is 0 Å². The van der Waals surface area contributed by atoms with E-state index in [2.05, 4.69) is 6.55 Å². The van der Waals surface area contributed by atoms with Gasteiger partial charge in [-0.1, -0.05) is 0 Å². The molecule has 0 aliphatic rings. The van der Waals surface area contributed by atoms with Crippen molar-refractivity contribution in [1.82, 2.24) is 0 Å². The minimum absolute atomic E-state index is 0.747. The maximum atomic E-state index is 5.22. The van der Waals surface area contributed by atoms with E-state index >= 15 is 0 Å². The van der Waals surface area contributed by atoms with Crippen molar-refractivity contribution in [2.24, 2.45) is 5.73 Å². The molecule has 0 aromatic heterocycles. The first-order chi connectivity index (χ1) is 2.81. The summed E-state index contributed by atoms with van der Waals surface area (Å²) in [6.07, 6.45) is 0.747. The van der Waals surface area contributed by atoms with Crippen LogP contribution in [0.1, 0.15) is 0 Å². The third kappa shape index (κ3) is 2.38. The molecule has 38 valence electrons. The van der Waals surface area contributed by atoms with Gasteiger partial charge >= 0.3 is 0 Å². The molecule has 1 atom stereocenters. The summed E-state index contributed by atoms with van der Waals surface area (Å²) >= 11 is 0. The molecule has 0 radical (unpaired) electrons. The van der Waals surface area contributed by atoms with Gasteiger partial charge in [0.15, 0.2) is 9.04 Å². The molecule has 6 heavy (non-hydrogen) atoms. The fraction of sp³-hybridized carbons (Fsp3) is 1.00. The number of hydrogen-bond acceptors (Lipinski definition) is 2. The van der Waals surface area contributed by atoms with E-state index in [1.165, 1.54) is 0 Å². The lowest BCUT2D eigenvalue weighted by molar-refractivity contribution is 0.425. The Hall–Kier alpha value is 0.137. The molecular formula is C3H11NOSi. The second kappa shape index (κ2) is 3.33. The van der Waals surface area contributed by atoms with E-state index in [0.717, 1.165) is 6.17 Å². The van der Waals surface area contributed by atoms with Gasteiger partial charge in [0.2, 0.25) is 0 Å². The smallest absolute Gasteiger partial charge is 0.186 e. The highest BCUT2D eigenvalue weighted by molar-refractivity contribution is 6.50. The SMILES string of the molecule is CO[Si@@H](C)CN.